The Balaban J connectivity index is 1.22. The molecule has 0 radical (unpaired) electrons. The number of amides is 1. The van der Waals surface area contributed by atoms with Gasteiger partial charge in [-0.3, -0.25) is 9.69 Å². The first-order chi connectivity index (χ1) is 12.6. The number of hydrogen-bond donors (Lipinski definition) is 3. The molecule has 2 aliphatic rings. The fourth-order valence-electron chi connectivity index (χ4n) is 3.95. The van der Waals surface area contributed by atoms with Crippen LogP contribution in [0.2, 0.25) is 0 Å². The average molecular weight is 358 g/mol. The number of benzene rings is 1. The molecule has 1 aromatic heterocycles. The molecule has 1 aromatic carbocycles. The van der Waals surface area contributed by atoms with Gasteiger partial charge < -0.3 is 20.3 Å². The summed E-state index contributed by atoms with van der Waals surface area (Å²) < 4.78 is 5.27. The fraction of sp³-hybridized carbons (Fsp3) is 0.579. The van der Waals surface area contributed by atoms with Gasteiger partial charge in [-0.1, -0.05) is 16.8 Å². The average Bonchev–Trinajstić information content (AvgIpc) is 2.99. The Morgan fingerprint density at radius 2 is 2.08 bits per heavy atom. The second-order valence-electron chi connectivity index (χ2n) is 7.57. The fourth-order valence-corrected chi connectivity index (χ4v) is 3.95. The number of fused-ring (bicyclic) bond motifs is 1. The van der Waals surface area contributed by atoms with E-state index < -0.39 is 0 Å². The molecule has 7 heteroatoms. The minimum atomic E-state index is -0.120. The van der Waals surface area contributed by atoms with E-state index in [-0.39, 0.29) is 24.6 Å². The van der Waals surface area contributed by atoms with Gasteiger partial charge in [-0.15, -0.1) is 0 Å². The van der Waals surface area contributed by atoms with E-state index in [4.69, 9.17) is 4.52 Å². The van der Waals surface area contributed by atoms with Crippen LogP contribution in [0.5, 0.6) is 0 Å². The Labute approximate surface area is 152 Å². The number of carbonyl (C=O) groups excluding carboxylic acids is 1. The number of nitrogens with one attached hydrogen (secondary N) is 2. The van der Waals surface area contributed by atoms with Crippen LogP contribution in [0.4, 0.5) is 5.82 Å². The van der Waals surface area contributed by atoms with Gasteiger partial charge in [0.1, 0.15) is 0 Å². The highest BCUT2D eigenvalue weighted by Crippen LogP contribution is 2.26. The highest BCUT2D eigenvalue weighted by molar-refractivity contribution is 5.90. The van der Waals surface area contributed by atoms with Crippen LogP contribution in [-0.4, -0.2) is 58.9 Å². The third-order valence-corrected chi connectivity index (χ3v) is 5.50. The van der Waals surface area contributed by atoms with Gasteiger partial charge in [0.2, 0.25) is 5.91 Å². The third kappa shape index (κ3) is 3.68. The number of aliphatic hydroxyl groups excluding tert-OH is 1. The molecule has 0 spiro atoms. The predicted octanol–water partition coefficient (Wildman–Crippen LogP) is 1.65. The van der Waals surface area contributed by atoms with Crippen LogP contribution in [0.1, 0.15) is 31.2 Å². The maximum atomic E-state index is 12.2. The molecule has 0 unspecified atom stereocenters. The summed E-state index contributed by atoms with van der Waals surface area (Å²) in [7, 11) is 0. The number of aliphatic hydroxyl groups is 1. The van der Waals surface area contributed by atoms with E-state index in [9.17, 15) is 9.90 Å². The van der Waals surface area contributed by atoms with Crippen LogP contribution in [0.15, 0.2) is 22.7 Å². The lowest BCUT2D eigenvalue weighted by atomic mass is 9.89. The van der Waals surface area contributed by atoms with E-state index >= 15 is 0 Å². The van der Waals surface area contributed by atoms with Crippen molar-refractivity contribution in [1.29, 1.82) is 0 Å². The van der Waals surface area contributed by atoms with Crippen LogP contribution in [0.3, 0.4) is 0 Å². The van der Waals surface area contributed by atoms with Crippen molar-refractivity contribution in [3.8, 4) is 0 Å². The number of likely N-dealkylation sites (tertiary alicyclic amines) is 1. The molecule has 1 saturated carbocycles. The van der Waals surface area contributed by atoms with Crippen LogP contribution in [0, 0.1) is 6.92 Å². The molecule has 26 heavy (non-hydrogen) atoms. The van der Waals surface area contributed by atoms with Crippen LogP contribution >= 0.6 is 0 Å². The lowest BCUT2D eigenvalue weighted by molar-refractivity contribution is -0.121. The monoisotopic (exact) mass is 358 g/mol. The Bertz CT molecular complexity index is 776. The minimum Gasteiger partial charge on any atom is -0.393 e. The molecule has 2 aromatic rings. The zero-order chi connectivity index (χ0) is 18.1. The third-order valence-electron chi connectivity index (χ3n) is 5.50. The second kappa shape index (κ2) is 7.25. The Morgan fingerprint density at radius 1 is 1.31 bits per heavy atom. The zero-order valence-corrected chi connectivity index (χ0v) is 15.1. The van der Waals surface area contributed by atoms with Crippen molar-refractivity contribution in [2.45, 2.75) is 50.8 Å². The van der Waals surface area contributed by atoms with E-state index in [0.717, 1.165) is 49.7 Å². The van der Waals surface area contributed by atoms with E-state index in [1.165, 1.54) is 0 Å². The van der Waals surface area contributed by atoms with E-state index in [2.05, 4.69) is 20.7 Å². The molecule has 1 saturated heterocycles. The second-order valence-corrected chi connectivity index (χ2v) is 7.57. The Morgan fingerprint density at radius 3 is 2.85 bits per heavy atom. The maximum Gasteiger partial charge on any atom is 0.239 e. The van der Waals surface area contributed by atoms with Gasteiger partial charge in [0.25, 0.3) is 0 Å². The van der Waals surface area contributed by atoms with Crippen LogP contribution in [0.25, 0.3) is 11.0 Å². The first-order valence-electron chi connectivity index (χ1n) is 9.40. The zero-order valence-electron chi connectivity index (χ0n) is 15.1. The Hall–Kier alpha value is -2.12. The molecule has 1 amide bonds. The summed E-state index contributed by atoms with van der Waals surface area (Å²) in [6, 6.07) is 6.63. The molecule has 1 aliphatic carbocycles. The SMILES string of the molecule is Cc1ccc2onc(NCC(=O)NC3CN([C@H]4CC[C@@H](O)CC4)C3)c2c1. The first kappa shape index (κ1) is 17.3. The molecule has 140 valence electrons. The van der Waals surface area contributed by atoms with Gasteiger partial charge in [0.15, 0.2) is 11.4 Å². The van der Waals surface area contributed by atoms with Crippen molar-refractivity contribution >= 4 is 22.7 Å². The van der Waals surface area contributed by atoms with Gasteiger partial charge in [0.05, 0.1) is 24.1 Å². The minimum absolute atomic E-state index is 0.0301. The number of carbonyl (C=O) groups is 1. The summed E-state index contributed by atoms with van der Waals surface area (Å²) in [5.74, 6) is 0.576. The topological polar surface area (TPSA) is 90.6 Å². The molecule has 4 rings (SSSR count). The van der Waals surface area contributed by atoms with Crippen molar-refractivity contribution in [3.63, 3.8) is 0 Å². The van der Waals surface area contributed by atoms with Crippen molar-refractivity contribution < 1.29 is 14.4 Å². The summed E-state index contributed by atoms with van der Waals surface area (Å²) in [4.78, 5) is 14.6. The number of rotatable bonds is 5. The first-order valence-corrected chi connectivity index (χ1v) is 9.40. The predicted molar refractivity (Wildman–Crippen MR) is 99.0 cm³/mol. The smallest absolute Gasteiger partial charge is 0.239 e. The van der Waals surface area contributed by atoms with Crippen molar-refractivity contribution in [3.05, 3.63) is 23.8 Å². The summed E-state index contributed by atoms with van der Waals surface area (Å²) >= 11 is 0. The number of nitrogens with zero attached hydrogens (tertiary/aromatic N) is 2. The van der Waals surface area contributed by atoms with Gasteiger partial charge in [-0.25, -0.2) is 0 Å². The molecule has 0 atom stereocenters. The molecule has 0 bridgehead atoms. The van der Waals surface area contributed by atoms with Gasteiger partial charge in [0, 0.05) is 19.1 Å². The molecule has 2 heterocycles. The molecule has 2 fully saturated rings. The summed E-state index contributed by atoms with van der Waals surface area (Å²) in [6.07, 6.45) is 3.79. The van der Waals surface area contributed by atoms with Gasteiger partial charge in [-0.2, -0.15) is 0 Å². The molecule has 1 aliphatic heterocycles. The Kier molecular flexibility index (Phi) is 4.82. The lowest BCUT2D eigenvalue weighted by Gasteiger charge is -2.46. The maximum absolute atomic E-state index is 12.2. The summed E-state index contributed by atoms with van der Waals surface area (Å²) in [5.41, 5.74) is 1.84. The van der Waals surface area contributed by atoms with Gasteiger partial charge >= 0.3 is 0 Å². The lowest BCUT2D eigenvalue weighted by Crippen LogP contribution is -2.63. The summed E-state index contributed by atoms with van der Waals surface area (Å²) in [6.45, 7) is 4.00. The number of hydrogen-bond acceptors (Lipinski definition) is 6. The van der Waals surface area contributed by atoms with E-state index in [1.54, 1.807) is 0 Å². The summed E-state index contributed by atoms with van der Waals surface area (Å²) in [5, 5.41) is 20.6. The normalized spacial score (nSPS) is 24.4. The van der Waals surface area contributed by atoms with E-state index in [0.29, 0.717) is 17.4 Å². The molecule has 3 N–H and O–H groups in total. The van der Waals surface area contributed by atoms with Crippen molar-refractivity contribution in [2.75, 3.05) is 25.0 Å². The van der Waals surface area contributed by atoms with Crippen molar-refractivity contribution in [2.24, 2.45) is 0 Å². The number of aromatic nitrogens is 1. The van der Waals surface area contributed by atoms with Crippen LogP contribution < -0.4 is 10.6 Å². The number of anilines is 1. The highest BCUT2D eigenvalue weighted by atomic mass is 16.5. The molecular formula is C19H26N4O3. The molecule has 7 nitrogen and oxygen atoms in total. The van der Waals surface area contributed by atoms with Crippen LogP contribution in [-0.2, 0) is 4.79 Å². The molecular weight excluding hydrogens is 332 g/mol. The van der Waals surface area contributed by atoms with Gasteiger partial charge in [-0.05, 0) is 44.7 Å². The largest absolute Gasteiger partial charge is 0.393 e. The standard InChI is InChI=1S/C19H26N4O3/c1-12-2-7-17-16(8-12)19(22-26-17)20-9-18(25)21-13-10-23(11-13)14-3-5-15(24)6-4-14/h2,7-8,13-15,24H,3-6,9-11H2,1H3,(H,20,22)(H,21,25)/t14-,15+. The number of aryl methyl sites for hydroxylation is 1. The van der Waals surface area contributed by atoms with E-state index in [1.807, 2.05) is 25.1 Å². The quantitative estimate of drug-likeness (QED) is 0.753. The highest BCUT2D eigenvalue weighted by Gasteiger charge is 2.34. The van der Waals surface area contributed by atoms with Crippen molar-refractivity contribution in [1.82, 2.24) is 15.4 Å².